The molecular formula is C30H31FN4O3S. The predicted octanol–water partition coefficient (Wildman–Crippen LogP) is 6.41. The zero-order valence-electron chi connectivity index (χ0n) is 22.2. The number of rotatable bonds is 5. The number of benzene rings is 3. The van der Waals surface area contributed by atoms with Crippen LogP contribution in [0.25, 0.3) is 20.8 Å². The average Bonchev–Trinajstić information content (AvgIpc) is 3.32. The molecule has 1 N–H and O–H groups in total. The fourth-order valence-corrected chi connectivity index (χ4v) is 5.53. The van der Waals surface area contributed by atoms with E-state index in [-0.39, 0.29) is 17.6 Å². The van der Waals surface area contributed by atoms with E-state index >= 15 is 0 Å². The monoisotopic (exact) mass is 546 g/mol. The molecule has 2 amide bonds. The van der Waals surface area contributed by atoms with Crippen LogP contribution in [0.5, 0.6) is 0 Å². The fraction of sp³-hybridized carbons (Fsp3) is 0.300. The molecule has 0 saturated carbocycles. The Morgan fingerprint density at radius 2 is 1.77 bits per heavy atom. The number of fused-ring (bicyclic) bond motifs is 1. The molecule has 2 heterocycles. The van der Waals surface area contributed by atoms with Crippen LogP contribution in [0.2, 0.25) is 0 Å². The lowest BCUT2D eigenvalue weighted by molar-refractivity contribution is 0.0139. The van der Waals surface area contributed by atoms with Gasteiger partial charge in [0.05, 0.1) is 15.9 Å². The van der Waals surface area contributed by atoms with Crippen LogP contribution in [0.1, 0.15) is 36.7 Å². The zero-order chi connectivity index (χ0) is 27.6. The van der Waals surface area contributed by atoms with E-state index in [1.165, 1.54) is 23.8 Å². The highest BCUT2D eigenvalue weighted by Crippen LogP contribution is 2.35. The Hall–Kier alpha value is -3.82. The van der Waals surface area contributed by atoms with Crippen LogP contribution in [-0.4, -0.2) is 58.6 Å². The molecule has 0 atom stereocenters. The van der Waals surface area contributed by atoms with Gasteiger partial charge in [-0.3, -0.25) is 9.69 Å². The fourth-order valence-electron chi connectivity index (χ4n) is 4.46. The third-order valence-electron chi connectivity index (χ3n) is 6.38. The first-order chi connectivity index (χ1) is 18.6. The van der Waals surface area contributed by atoms with Crippen LogP contribution in [0.3, 0.4) is 0 Å². The standard InChI is InChI=1S/C30H31FN4O3S/c1-30(2,3)38-29(37)35-15-13-34(14-16-35)19-20-11-12-25-26(17-20)39-28(33-25)23-9-4-5-10-24(23)32-27(36)21-7-6-8-22(31)18-21/h4-12,17-18H,13-16,19H2,1-3H3,(H,32,36). The molecule has 202 valence electrons. The molecular weight excluding hydrogens is 515 g/mol. The van der Waals surface area contributed by atoms with Gasteiger partial charge in [-0.1, -0.05) is 24.3 Å². The summed E-state index contributed by atoms with van der Waals surface area (Å²) in [6.07, 6.45) is -0.256. The van der Waals surface area contributed by atoms with Crippen LogP contribution in [-0.2, 0) is 11.3 Å². The van der Waals surface area contributed by atoms with Gasteiger partial charge in [0.25, 0.3) is 5.91 Å². The van der Waals surface area contributed by atoms with E-state index < -0.39 is 11.4 Å². The number of hydrogen-bond donors (Lipinski definition) is 1. The summed E-state index contributed by atoms with van der Waals surface area (Å²) in [5.74, 6) is -0.833. The second-order valence-corrected chi connectivity index (χ2v) is 11.6. The number of carbonyl (C=O) groups excluding carboxylic acids is 2. The second-order valence-electron chi connectivity index (χ2n) is 10.6. The molecule has 7 nitrogen and oxygen atoms in total. The van der Waals surface area contributed by atoms with E-state index in [0.717, 1.165) is 40.4 Å². The van der Waals surface area contributed by atoms with Crippen molar-refractivity contribution in [3.8, 4) is 10.6 Å². The van der Waals surface area contributed by atoms with E-state index in [2.05, 4.69) is 22.3 Å². The molecule has 1 aliphatic rings. The largest absolute Gasteiger partial charge is 0.444 e. The number of halogens is 1. The maximum Gasteiger partial charge on any atom is 0.410 e. The minimum Gasteiger partial charge on any atom is -0.444 e. The summed E-state index contributed by atoms with van der Waals surface area (Å²) < 4.78 is 20.2. The highest BCUT2D eigenvalue weighted by molar-refractivity contribution is 7.21. The number of ether oxygens (including phenoxy) is 1. The Balaban J connectivity index is 1.27. The molecule has 0 aliphatic carbocycles. The lowest BCUT2D eigenvalue weighted by Crippen LogP contribution is -2.49. The van der Waals surface area contributed by atoms with E-state index in [9.17, 15) is 14.0 Å². The minimum atomic E-state index is -0.495. The molecule has 0 radical (unpaired) electrons. The topological polar surface area (TPSA) is 74.8 Å². The molecule has 0 unspecified atom stereocenters. The number of thiazole rings is 1. The van der Waals surface area contributed by atoms with Crippen LogP contribution in [0, 0.1) is 5.82 Å². The molecule has 1 saturated heterocycles. The van der Waals surface area contributed by atoms with Crippen molar-refractivity contribution < 1.29 is 18.7 Å². The quantitative estimate of drug-likeness (QED) is 0.313. The van der Waals surface area contributed by atoms with Gasteiger partial charge < -0.3 is 15.0 Å². The van der Waals surface area contributed by atoms with Gasteiger partial charge >= 0.3 is 6.09 Å². The number of anilines is 1. The van der Waals surface area contributed by atoms with Crippen molar-refractivity contribution in [2.75, 3.05) is 31.5 Å². The maximum absolute atomic E-state index is 13.6. The Kier molecular flexibility index (Phi) is 7.63. The lowest BCUT2D eigenvalue weighted by atomic mass is 10.1. The molecule has 0 bridgehead atoms. The minimum absolute atomic E-state index is 0.255. The Bertz CT molecular complexity index is 1510. The first-order valence-corrected chi connectivity index (χ1v) is 13.7. The van der Waals surface area contributed by atoms with Gasteiger partial charge in [-0.05, 0) is 68.8 Å². The zero-order valence-corrected chi connectivity index (χ0v) is 23.1. The highest BCUT2D eigenvalue weighted by atomic mass is 32.1. The lowest BCUT2D eigenvalue weighted by Gasteiger charge is -2.35. The van der Waals surface area contributed by atoms with E-state index in [4.69, 9.17) is 9.72 Å². The molecule has 1 fully saturated rings. The highest BCUT2D eigenvalue weighted by Gasteiger charge is 2.26. The van der Waals surface area contributed by atoms with Gasteiger partial charge in [-0.25, -0.2) is 14.2 Å². The van der Waals surface area contributed by atoms with Crippen molar-refractivity contribution in [3.05, 3.63) is 83.7 Å². The average molecular weight is 547 g/mol. The van der Waals surface area contributed by atoms with Crippen molar-refractivity contribution in [2.45, 2.75) is 32.9 Å². The summed E-state index contributed by atoms with van der Waals surface area (Å²) in [7, 11) is 0. The Morgan fingerprint density at radius 1 is 1.00 bits per heavy atom. The van der Waals surface area contributed by atoms with Gasteiger partial charge in [0.15, 0.2) is 0 Å². The maximum atomic E-state index is 13.6. The molecule has 9 heteroatoms. The van der Waals surface area contributed by atoms with Gasteiger partial charge in [0, 0.05) is 43.9 Å². The molecule has 1 aliphatic heterocycles. The van der Waals surface area contributed by atoms with Gasteiger partial charge in [0.2, 0.25) is 0 Å². The van der Waals surface area contributed by atoms with Crippen LogP contribution >= 0.6 is 11.3 Å². The smallest absolute Gasteiger partial charge is 0.410 e. The van der Waals surface area contributed by atoms with E-state index in [1.807, 2.05) is 51.1 Å². The van der Waals surface area contributed by atoms with Crippen molar-refractivity contribution in [3.63, 3.8) is 0 Å². The summed E-state index contributed by atoms with van der Waals surface area (Å²) in [5.41, 5.74) is 3.25. The molecule has 5 rings (SSSR count). The number of aromatic nitrogens is 1. The number of para-hydroxylation sites is 1. The normalized spacial score (nSPS) is 14.4. The summed E-state index contributed by atoms with van der Waals surface area (Å²) in [6.45, 7) is 9.26. The number of amides is 2. The number of hydrogen-bond acceptors (Lipinski definition) is 6. The first-order valence-electron chi connectivity index (χ1n) is 12.9. The van der Waals surface area contributed by atoms with Crippen LogP contribution in [0.4, 0.5) is 14.9 Å². The van der Waals surface area contributed by atoms with Crippen molar-refractivity contribution in [1.82, 2.24) is 14.8 Å². The third-order valence-corrected chi connectivity index (χ3v) is 7.43. The predicted molar refractivity (Wildman–Crippen MR) is 152 cm³/mol. The Morgan fingerprint density at radius 3 is 2.51 bits per heavy atom. The van der Waals surface area contributed by atoms with Crippen molar-refractivity contribution >= 4 is 39.2 Å². The van der Waals surface area contributed by atoms with Crippen LogP contribution < -0.4 is 5.32 Å². The summed E-state index contributed by atoms with van der Waals surface area (Å²) >= 11 is 1.57. The van der Waals surface area contributed by atoms with Crippen molar-refractivity contribution in [2.24, 2.45) is 0 Å². The van der Waals surface area contributed by atoms with Gasteiger partial charge in [-0.15, -0.1) is 11.3 Å². The molecule has 1 aromatic heterocycles. The molecule has 39 heavy (non-hydrogen) atoms. The van der Waals surface area contributed by atoms with Crippen LogP contribution in [0.15, 0.2) is 66.7 Å². The first kappa shape index (κ1) is 26.8. The number of carbonyl (C=O) groups is 2. The summed E-state index contributed by atoms with van der Waals surface area (Å²) in [6, 6.07) is 19.4. The summed E-state index contributed by atoms with van der Waals surface area (Å²) in [4.78, 5) is 34.0. The van der Waals surface area contributed by atoms with Gasteiger partial charge in [0.1, 0.15) is 16.4 Å². The molecule has 4 aromatic rings. The van der Waals surface area contributed by atoms with Crippen molar-refractivity contribution in [1.29, 1.82) is 0 Å². The number of piperazine rings is 1. The summed E-state index contributed by atoms with van der Waals surface area (Å²) in [5, 5.41) is 3.70. The van der Waals surface area contributed by atoms with E-state index in [1.54, 1.807) is 22.3 Å². The second kappa shape index (κ2) is 11.1. The SMILES string of the molecule is CC(C)(C)OC(=O)N1CCN(Cc2ccc3nc(-c4ccccc4NC(=O)c4cccc(F)c4)sc3c2)CC1. The number of nitrogens with one attached hydrogen (secondary N) is 1. The third kappa shape index (κ3) is 6.61. The Labute approximate surface area is 231 Å². The van der Waals surface area contributed by atoms with E-state index in [0.29, 0.717) is 18.8 Å². The van der Waals surface area contributed by atoms with Gasteiger partial charge in [-0.2, -0.15) is 0 Å². The number of nitrogens with zero attached hydrogens (tertiary/aromatic N) is 3. The molecule has 0 spiro atoms. The molecule has 3 aromatic carbocycles.